The Morgan fingerprint density at radius 1 is 0.744 bits per heavy atom. The van der Waals surface area contributed by atoms with Gasteiger partial charge in [0.15, 0.2) is 11.6 Å². The number of carbonyl (C=O) groups is 2. The lowest BCUT2D eigenvalue weighted by atomic mass is 9.87. The van der Waals surface area contributed by atoms with Gasteiger partial charge in [-0.25, -0.2) is 0 Å². The number of benzene rings is 3. The molecule has 43 heavy (non-hydrogen) atoms. The summed E-state index contributed by atoms with van der Waals surface area (Å²) in [7, 11) is 0. The summed E-state index contributed by atoms with van der Waals surface area (Å²) in [4.78, 5) is 25.4. The molecule has 1 atom stereocenters. The van der Waals surface area contributed by atoms with Crippen molar-refractivity contribution in [1.29, 1.82) is 0 Å². The smallest absolute Gasteiger partial charge is 0.197 e. The summed E-state index contributed by atoms with van der Waals surface area (Å²) in [5.74, 6) is -0.565. The van der Waals surface area contributed by atoms with Crippen LogP contribution in [-0.2, 0) is 16.0 Å². The van der Waals surface area contributed by atoms with Crippen molar-refractivity contribution in [2.75, 3.05) is 0 Å². The molecule has 2 aliphatic carbocycles. The maximum atomic E-state index is 12.7. The van der Waals surface area contributed by atoms with Crippen LogP contribution in [-0.4, -0.2) is 11.6 Å². The van der Waals surface area contributed by atoms with E-state index in [1.807, 2.05) is 6.08 Å². The van der Waals surface area contributed by atoms with Gasteiger partial charge in [0.05, 0.1) is 5.57 Å². The lowest BCUT2D eigenvalue weighted by molar-refractivity contribution is -0.115. The second-order valence-corrected chi connectivity index (χ2v) is 10.0. The zero-order valence-electron chi connectivity index (χ0n) is 24.2. The molecule has 2 aliphatic rings. The van der Waals surface area contributed by atoms with E-state index in [2.05, 4.69) is 111 Å². The highest BCUT2D eigenvalue weighted by atomic mass is 16.2. The second kappa shape index (κ2) is 14.4. The van der Waals surface area contributed by atoms with Crippen LogP contribution in [0.4, 0.5) is 0 Å². The average molecular weight is 562 g/mol. The molecule has 0 saturated carbocycles. The number of ketones is 2. The highest BCUT2D eigenvalue weighted by Crippen LogP contribution is 2.31. The number of hydrogen-bond acceptors (Lipinski definition) is 3. The fourth-order valence-corrected chi connectivity index (χ4v) is 5.13. The number of hydrogen-bond donors (Lipinski definition) is 1. The quantitative estimate of drug-likeness (QED) is 0.129. The van der Waals surface area contributed by atoms with E-state index in [0.717, 1.165) is 28.7 Å². The van der Waals surface area contributed by atoms with Gasteiger partial charge in [-0.3, -0.25) is 9.59 Å². The van der Waals surface area contributed by atoms with Crippen molar-refractivity contribution in [2.45, 2.75) is 6.42 Å². The summed E-state index contributed by atoms with van der Waals surface area (Å²) < 4.78 is 0. The van der Waals surface area contributed by atoms with E-state index >= 15 is 0 Å². The van der Waals surface area contributed by atoms with Gasteiger partial charge in [-0.05, 0) is 75.5 Å². The first-order chi connectivity index (χ1) is 20.9. The topological polar surface area (TPSA) is 60.2 Å². The van der Waals surface area contributed by atoms with Crippen molar-refractivity contribution in [1.82, 2.24) is 0 Å². The number of allylic oxidation sites excluding steroid dienone is 11. The minimum Gasteiger partial charge on any atom is -0.405 e. The first-order valence-corrected chi connectivity index (χ1v) is 14.0. The third kappa shape index (κ3) is 7.03. The van der Waals surface area contributed by atoms with E-state index in [-0.39, 0.29) is 23.1 Å². The van der Waals surface area contributed by atoms with Crippen LogP contribution in [0.5, 0.6) is 0 Å². The molecule has 0 bridgehead atoms. The van der Waals surface area contributed by atoms with Gasteiger partial charge < -0.3 is 5.73 Å². The fraction of sp³-hybridized carbons (Fsp3) is 0.0500. The molecule has 0 saturated heterocycles. The number of nitrogens with two attached hydrogens (primary N) is 1. The first-order valence-electron chi connectivity index (χ1n) is 14.0. The Morgan fingerprint density at radius 3 is 1.93 bits per heavy atom. The Hall–Kier alpha value is -5.54. The second-order valence-electron chi connectivity index (χ2n) is 10.0. The number of carbonyl (C=O) groups excluding carboxylic acids is 2. The van der Waals surface area contributed by atoms with Gasteiger partial charge in [0.2, 0.25) is 0 Å². The Bertz CT molecular complexity index is 1770. The summed E-state index contributed by atoms with van der Waals surface area (Å²) in [6.07, 6.45) is 24.4. The van der Waals surface area contributed by atoms with Gasteiger partial charge in [-0.2, -0.15) is 0 Å². The summed E-state index contributed by atoms with van der Waals surface area (Å²) in [6.45, 7) is 14.5. The van der Waals surface area contributed by atoms with E-state index in [4.69, 9.17) is 5.73 Å². The molecule has 2 N–H and O–H groups in total. The molecule has 0 spiro atoms. The van der Waals surface area contributed by atoms with Crippen molar-refractivity contribution in [3.8, 4) is 0 Å². The number of rotatable bonds is 8. The van der Waals surface area contributed by atoms with Crippen LogP contribution in [0.25, 0.3) is 35.1 Å². The Balaban J connectivity index is 0.000000782. The molecule has 1 unspecified atom stereocenters. The van der Waals surface area contributed by atoms with Gasteiger partial charge in [-0.15, -0.1) is 0 Å². The Kier molecular flexibility index (Phi) is 10.2. The molecule has 0 amide bonds. The number of Topliss-reactive ketones (excluding diaryl/α,β-unsaturated/α-hetero) is 2. The van der Waals surface area contributed by atoms with Crippen LogP contribution in [0.3, 0.4) is 0 Å². The van der Waals surface area contributed by atoms with E-state index < -0.39 is 0 Å². The van der Waals surface area contributed by atoms with Crippen molar-refractivity contribution in [2.24, 2.45) is 11.7 Å². The van der Waals surface area contributed by atoms with Crippen LogP contribution >= 0.6 is 0 Å². The minimum absolute atomic E-state index is 0.0289. The highest BCUT2D eigenvalue weighted by Gasteiger charge is 2.33. The van der Waals surface area contributed by atoms with Crippen molar-refractivity contribution in [3.63, 3.8) is 0 Å². The zero-order chi connectivity index (χ0) is 30.8. The van der Waals surface area contributed by atoms with Crippen LogP contribution in [0, 0.1) is 5.92 Å². The normalized spacial score (nSPS) is 16.1. The molecule has 212 valence electrons. The predicted octanol–water partition coefficient (Wildman–Crippen LogP) is 8.79. The summed E-state index contributed by atoms with van der Waals surface area (Å²) in [6, 6.07) is 19.2. The number of fused-ring (bicyclic) bond motifs is 2. The van der Waals surface area contributed by atoms with Crippen molar-refractivity contribution < 1.29 is 9.59 Å². The Morgan fingerprint density at radius 2 is 1.37 bits per heavy atom. The first kappa shape index (κ1) is 30.4. The largest absolute Gasteiger partial charge is 0.405 e. The molecule has 0 heterocycles. The van der Waals surface area contributed by atoms with Gasteiger partial charge >= 0.3 is 0 Å². The predicted molar refractivity (Wildman–Crippen MR) is 184 cm³/mol. The van der Waals surface area contributed by atoms with E-state index in [9.17, 15) is 9.59 Å². The summed E-state index contributed by atoms with van der Waals surface area (Å²) in [5.41, 5.74) is 11.5. The summed E-state index contributed by atoms with van der Waals surface area (Å²) in [5, 5.41) is 2.40. The highest BCUT2D eigenvalue weighted by molar-refractivity contribution is 6.39. The maximum absolute atomic E-state index is 12.7. The van der Waals surface area contributed by atoms with Crippen LogP contribution in [0.15, 0.2) is 152 Å². The molecule has 0 aliphatic heterocycles. The van der Waals surface area contributed by atoms with Crippen LogP contribution < -0.4 is 5.73 Å². The van der Waals surface area contributed by atoms with Crippen LogP contribution in [0.1, 0.15) is 27.8 Å². The third-order valence-electron chi connectivity index (χ3n) is 7.27. The van der Waals surface area contributed by atoms with Gasteiger partial charge in [0, 0.05) is 17.1 Å². The molecule has 3 nitrogen and oxygen atoms in total. The van der Waals surface area contributed by atoms with Gasteiger partial charge in [0.25, 0.3) is 0 Å². The SMILES string of the molecule is C=C/C=C/N.C=C/C=C/c1cc2ccccc2cc1/C=C\c1ccc2c(c1)C=CC(C=C1C(=O)C(C=C)=C(C=C)C1=O)C2. The molecule has 5 rings (SSSR count). The molecule has 0 aromatic heterocycles. The molecule has 0 radical (unpaired) electrons. The van der Waals surface area contributed by atoms with E-state index in [0.29, 0.717) is 11.1 Å². The molecule has 3 aromatic carbocycles. The van der Waals surface area contributed by atoms with Crippen molar-refractivity contribution in [3.05, 3.63) is 180 Å². The van der Waals surface area contributed by atoms with E-state index in [1.165, 1.54) is 34.7 Å². The van der Waals surface area contributed by atoms with Crippen molar-refractivity contribution >= 4 is 46.6 Å². The van der Waals surface area contributed by atoms with Gasteiger partial charge in [-0.1, -0.05) is 130 Å². The molecule has 3 heteroatoms. The molecule has 3 aromatic rings. The zero-order valence-corrected chi connectivity index (χ0v) is 24.2. The monoisotopic (exact) mass is 561 g/mol. The third-order valence-corrected chi connectivity index (χ3v) is 7.27. The van der Waals surface area contributed by atoms with E-state index in [1.54, 1.807) is 24.3 Å². The average Bonchev–Trinajstić information content (AvgIpc) is 3.26. The molecule has 0 fully saturated rings. The van der Waals surface area contributed by atoms with Crippen LogP contribution in [0.2, 0.25) is 0 Å². The Labute approximate surface area is 254 Å². The fourth-order valence-electron chi connectivity index (χ4n) is 5.13. The lowest BCUT2D eigenvalue weighted by Gasteiger charge is -2.17. The summed E-state index contributed by atoms with van der Waals surface area (Å²) >= 11 is 0. The van der Waals surface area contributed by atoms with Gasteiger partial charge in [0.1, 0.15) is 0 Å². The minimum atomic E-state index is -0.268. The maximum Gasteiger partial charge on any atom is 0.197 e. The molecular weight excluding hydrogens is 526 g/mol. The molecular formula is C40H35NO2. The lowest BCUT2D eigenvalue weighted by Crippen LogP contribution is -2.10. The standard InChI is InChI=1S/C36H28O2.C4H7N/c1-4-7-10-26-22-27-11-8-9-12-28(27)23-31(26)17-14-24-13-16-30-20-25(15-18-29(30)19-24)21-34-35(37)32(5-2)33(6-3)36(34)38;1-2-3-4-5/h4-19,21-23,25H,1-3,20H2;2-4H,1,5H2/b10-7+,17-14-;4-3+.